The highest BCUT2D eigenvalue weighted by Crippen LogP contribution is 2.47. The van der Waals surface area contributed by atoms with Crippen molar-refractivity contribution in [2.24, 2.45) is 0 Å². The smallest absolute Gasteiger partial charge is 0.126 e. The predicted molar refractivity (Wildman–Crippen MR) is 124 cm³/mol. The summed E-state index contributed by atoms with van der Waals surface area (Å²) in [6.45, 7) is 8.62. The van der Waals surface area contributed by atoms with E-state index in [4.69, 9.17) is 9.47 Å². The van der Waals surface area contributed by atoms with Crippen molar-refractivity contribution in [3.05, 3.63) is 89.5 Å². The van der Waals surface area contributed by atoms with Gasteiger partial charge in [-0.05, 0) is 42.4 Å². The molecule has 4 rings (SSSR count). The van der Waals surface area contributed by atoms with Crippen LogP contribution in [0.3, 0.4) is 0 Å². The fourth-order valence-electron chi connectivity index (χ4n) is 4.40. The highest BCUT2D eigenvalue weighted by atomic mass is 16.5. The number of phenolic OH excluding ortho intramolecular Hbond substituents is 1. The molecule has 4 nitrogen and oxygen atoms in total. The highest BCUT2D eigenvalue weighted by Gasteiger charge is 2.33. The molecule has 1 aliphatic heterocycles. The van der Waals surface area contributed by atoms with Crippen LogP contribution in [0.1, 0.15) is 42.4 Å². The quantitative estimate of drug-likeness (QED) is 0.531. The summed E-state index contributed by atoms with van der Waals surface area (Å²) in [5, 5.41) is 9.92. The minimum absolute atomic E-state index is 0.150. The Hall–Kier alpha value is -2.98. The summed E-state index contributed by atoms with van der Waals surface area (Å²) in [7, 11) is 0. The average Bonchev–Trinajstić information content (AvgIpc) is 2.82. The van der Waals surface area contributed by atoms with Crippen LogP contribution < -0.4 is 9.47 Å². The van der Waals surface area contributed by atoms with Gasteiger partial charge < -0.3 is 19.5 Å². The lowest BCUT2D eigenvalue weighted by Gasteiger charge is -2.34. The summed E-state index contributed by atoms with van der Waals surface area (Å²) in [6.07, 6.45) is 0. The fourth-order valence-corrected chi connectivity index (χ4v) is 4.40. The molecule has 0 radical (unpaired) electrons. The van der Waals surface area contributed by atoms with E-state index in [2.05, 4.69) is 67.3 Å². The van der Waals surface area contributed by atoms with Gasteiger partial charge in [0.2, 0.25) is 0 Å². The summed E-state index contributed by atoms with van der Waals surface area (Å²) in [4.78, 5) is 2.35. The molecule has 0 fully saturated rings. The third-order valence-corrected chi connectivity index (χ3v) is 6.19. The predicted octanol–water partition coefficient (Wildman–Crippen LogP) is 5.42. The Morgan fingerprint density at radius 2 is 1.68 bits per heavy atom. The lowest BCUT2D eigenvalue weighted by molar-refractivity contribution is 0.222. The number of ether oxygens (including phenoxy) is 2. The van der Waals surface area contributed by atoms with Crippen molar-refractivity contribution in [2.45, 2.75) is 25.7 Å². The molecule has 1 N–H and O–H groups in total. The second-order valence-electron chi connectivity index (χ2n) is 7.97. The van der Waals surface area contributed by atoms with Crippen LogP contribution in [-0.4, -0.2) is 42.9 Å². The zero-order chi connectivity index (χ0) is 21.6. The van der Waals surface area contributed by atoms with Crippen LogP contribution in [0, 0.1) is 0 Å². The first-order chi connectivity index (χ1) is 15.2. The van der Waals surface area contributed by atoms with Crippen LogP contribution in [0.5, 0.6) is 17.2 Å². The number of hydrogen-bond acceptors (Lipinski definition) is 4. The first kappa shape index (κ1) is 21.3. The van der Waals surface area contributed by atoms with Crippen LogP contribution >= 0.6 is 0 Å². The minimum atomic E-state index is 0.150. The normalized spacial score (nSPS) is 17.8. The van der Waals surface area contributed by atoms with Gasteiger partial charge in [-0.1, -0.05) is 62.4 Å². The highest BCUT2D eigenvalue weighted by molar-refractivity contribution is 5.50. The van der Waals surface area contributed by atoms with E-state index in [9.17, 15) is 5.11 Å². The van der Waals surface area contributed by atoms with E-state index in [0.717, 1.165) is 36.7 Å². The maximum Gasteiger partial charge on any atom is 0.126 e. The number of nitrogens with zero attached hydrogens (tertiary/aromatic N) is 1. The Morgan fingerprint density at radius 1 is 0.935 bits per heavy atom. The monoisotopic (exact) mass is 417 g/mol. The largest absolute Gasteiger partial charge is 0.508 e. The van der Waals surface area contributed by atoms with Gasteiger partial charge in [0.15, 0.2) is 0 Å². The van der Waals surface area contributed by atoms with Gasteiger partial charge in [-0.3, -0.25) is 0 Å². The molecule has 0 aliphatic carbocycles. The van der Waals surface area contributed by atoms with Gasteiger partial charge in [-0.25, -0.2) is 0 Å². The Labute approximate surface area is 185 Å². The van der Waals surface area contributed by atoms with Gasteiger partial charge >= 0.3 is 0 Å². The molecule has 1 aliphatic rings. The summed E-state index contributed by atoms with van der Waals surface area (Å²) in [6, 6.07) is 24.4. The number of phenols is 1. The van der Waals surface area contributed by atoms with E-state index < -0.39 is 0 Å². The van der Waals surface area contributed by atoms with E-state index in [1.807, 2.05) is 12.1 Å². The number of fused-ring (bicyclic) bond motifs is 1. The minimum Gasteiger partial charge on any atom is -0.508 e. The molecule has 4 heteroatoms. The molecule has 0 saturated carbocycles. The van der Waals surface area contributed by atoms with Crippen LogP contribution in [0.2, 0.25) is 0 Å². The number of likely N-dealkylation sites (N-methyl/N-ethyl adjacent to an activating group) is 1. The van der Waals surface area contributed by atoms with Gasteiger partial charge in [0.1, 0.15) is 23.9 Å². The molecule has 162 valence electrons. The molecule has 3 aromatic carbocycles. The molecule has 2 unspecified atom stereocenters. The second kappa shape index (κ2) is 9.88. The SMILES string of the molecule is CCN(CC)CCOc1ccc(C2c3ccc(O)cc3OCC2c2ccccc2)cc1. The maximum atomic E-state index is 9.92. The third kappa shape index (κ3) is 4.86. The zero-order valence-electron chi connectivity index (χ0n) is 18.3. The lowest BCUT2D eigenvalue weighted by atomic mass is 9.76. The van der Waals surface area contributed by atoms with Crippen molar-refractivity contribution in [1.82, 2.24) is 4.90 Å². The molecular weight excluding hydrogens is 386 g/mol. The van der Waals surface area contributed by atoms with Crippen molar-refractivity contribution in [3.63, 3.8) is 0 Å². The number of rotatable bonds is 8. The molecule has 1 heterocycles. The molecule has 0 spiro atoms. The van der Waals surface area contributed by atoms with Crippen molar-refractivity contribution in [2.75, 3.05) is 32.8 Å². The second-order valence-corrected chi connectivity index (χ2v) is 7.97. The Balaban J connectivity index is 1.59. The number of aromatic hydroxyl groups is 1. The fraction of sp³-hybridized carbons (Fsp3) is 0.333. The zero-order valence-corrected chi connectivity index (χ0v) is 18.3. The summed E-state index contributed by atoms with van der Waals surface area (Å²) >= 11 is 0. The van der Waals surface area contributed by atoms with Crippen LogP contribution in [0.4, 0.5) is 0 Å². The molecule has 0 aromatic heterocycles. The summed E-state index contributed by atoms with van der Waals surface area (Å²) < 4.78 is 12.0. The van der Waals surface area contributed by atoms with Crippen molar-refractivity contribution in [3.8, 4) is 17.2 Å². The first-order valence-corrected chi connectivity index (χ1v) is 11.1. The summed E-state index contributed by atoms with van der Waals surface area (Å²) in [5.41, 5.74) is 3.58. The number of hydrogen-bond donors (Lipinski definition) is 1. The Morgan fingerprint density at radius 3 is 2.39 bits per heavy atom. The van der Waals surface area contributed by atoms with Crippen LogP contribution in [-0.2, 0) is 0 Å². The molecule has 0 amide bonds. The average molecular weight is 418 g/mol. The van der Waals surface area contributed by atoms with Gasteiger partial charge in [0.05, 0.1) is 6.61 Å². The molecule has 31 heavy (non-hydrogen) atoms. The maximum absolute atomic E-state index is 9.92. The third-order valence-electron chi connectivity index (χ3n) is 6.19. The molecule has 3 aromatic rings. The van der Waals surface area contributed by atoms with E-state index in [-0.39, 0.29) is 17.6 Å². The van der Waals surface area contributed by atoms with E-state index in [1.165, 1.54) is 11.1 Å². The lowest BCUT2D eigenvalue weighted by Crippen LogP contribution is -2.27. The molecule has 2 atom stereocenters. The van der Waals surface area contributed by atoms with Gasteiger partial charge in [-0.2, -0.15) is 0 Å². The molecule has 0 bridgehead atoms. The van der Waals surface area contributed by atoms with Crippen LogP contribution in [0.15, 0.2) is 72.8 Å². The van der Waals surface area contributed by atoms with Crippen molar-refractivity contribution in [1.29, 1.82) is 0 Å². The van der Waals surface area contributed by atoms with Gasteiger partial charge in [0.25, 0.3) is 0 Å². The molecular formula is C27H31NO3. The standard InChI is InChI=1S/C27H31NO3/c1-3-28(4-2)16-17-30-23-13-10-21(11-14-23)27-24-15-12-22(29)18-26(24)31-19-25(27)20-8-6-5-7-9-20/h5-15,18,25,27,29H,3-4,16-17,19H2,1-2H3. The van der Waals surface area contributed by atoms with E-state index >= 15 is 0 Å². The van der Waals surface area contributed by atoms with Crippen molar-refractivity contribution >= 4 is 0 Å². The van der Waals surface area contributed by atoms with E-state index in [1.54, 1.807) is 12.1 Å². The number of benzene rings is 3. The Bertz CT molecular complexity index is 968. The van der Waals surface area contributed by atoms with Crippen molar-refractivity contribution < 1.29 is 14.6 Å². The molecule has 0 saturated heterocycles. The first-order valence-electron chi connectivity index (χ1n) is 11.1. The van der Waals surface area contributed by atoms with Gasteiger partial charge in [-0.15, -0.1) is 0 Å². The van der Waals surface area contributed by atoms with E-state index in [0.29, 0.717) is 13.2 Å². The van der Waals surface area contributed by atoms with Crippen LogP contribution in [0.25, 0.3) is 0 Å². The summed E-state index contributed by atoms with van der Waals surface area (Å²) in [5.74, 6) is 2.23. The Kier molecular flexibility index (Phi) is 6.78. The van der Waals surface area contributed by atoms with Gasteiger partial charge in [0, 0.05) is 30.0 Å². The topological polar surface area (TPSA) is 41.9 Å².